The van der Waals surface area contributed by atoms with Crippen molar-refractivity contribution in [3.05, 3.63) is 76.6 Å². The summed E-state index contributed by atoms with van der Waals surface area (Å²) in [6, 6.07) is 16.2. The summed E-state index contributed by atoms with van der Waals surface area (Å²) in [6.45, 7) is 0.541. The molecule has 2 aromatic carbocycles. The van der Waals surface area contributed by atoms with Crippen LogP contribution in [0.25, 0.3) is 28.3 Å². The molecule has 2 N–H and O–H groups in total. The highest BCUT2D eigenvalue weighted by molar-refractivity contribution is 9.10. The number of tetrazole rings is 1. The number of rotatable bonds is 5. The van der Waals surface area contributed by atoms with Crippen molar-refractivity contribution in [2.75, 3.05) is 5.32 Å². The number of anilines is 1. The lowest BCUT2D eigenvalue weighted by molar-refractivity contribution is 0.630. The molecule has 0 aliphatic rings. The van der Waals surface area contributed by atoms with E-state index in [2.05, 4.69) is 52.0 Å². The molecule has 0 spiro atoms. The molecule has 3 heterocycles. The van der Waals surface area contributed by atoms with Gasteiger partial charge in [-0.1, -0.05) is 36.4 Å². The number of hydrogen-bond donors (Lipinski definition) is 2. The minimum Gasteiger partial charge on any atom is -0.366 e. The van der Waals surface area contributed by atoms with Crippen molar-refractivity contribution in [1.29, 1.82) is 0 Å². The molecular formula is C20H14BrFN8. The van der Waals surface area contributed by atoms with E-state index in [1.54, 1.807) is 35.0 Å². The van der Waals surface area contributed by atoms with Gasteiger partial charge in [-0.3, -0.25) is 0 Å². The van der Waals surface area contributed by atoms with Crippen LogP contribution in [0.3, 0.4) is 0 Å². The Labute approximate surface area is 178 Å². The highest BCUT2D eigenvalue weighted by Gasteiger charge is 2.14. The number of benzene rings is 2. The first kappa shape index (κ1) is 18.4. The molecule has 148 valence electrons. The summed E-state index contributed by atoms with van der Waals surface area (Å²) in [7, 11) is 0. The van der Waals surface area contributed by atoms with Crippen LogP contribution in [0, 0.1) is 5.82 Å². The van der Waals surface area contributed by atoms with Gasteiger partial charge in [0.2, 0.25) is 5.82 Å². The molecule has 0 bridgehead atoms. The van der Waals surface area contributed by atoms with Crippen molar-refractivity contribution in [2.24, 2.45) is 0 Å². The number of H-pyrrole nitrogens is 1. The second kappa shape index (κ2) is 7.64. The van der Waals surface area contributed by atoms with Gasteiger partial charge in [0.15, 0.2) is 5.65 Å². The van der Waals surface area contributed by atoms with E-state index in [1.807, 2.05) is 24.3 Å². The highest BCUT2D eigenvalue weighted by atomic mass is 79.9. The molecule has 0 saturated carbocycles. The Morgan fingerprint density at radius 1 is 1.10 bits per heavy atom. The Morgan fingerprint density at radius 3 is 2.70 bits per heavy atom. The predicted octanol–water partition coefficient (Wildman–Crippen LogP) is 4.09. The Kier molecular flexibility index (Phi) is 4.68. The fraction of sp³-hybridized carbons (Fsp3) is 0.0500. The van der Waals surface area contributed by atoms with E-state index in [0.717, 1.165) is 15.6 Å². The van der Waals surface area contributed by atoms with Crippen LogP contribution in [0.15, 0.2) is 65.3 Å². The molecule has 30 heavy (non-hydrogen) atoms. The zero-order valence-electron chi connectivity index (χ0n) is 15.4. The van der Waals surface area contributed by atoms with Crippen molar-refractivity contribution in [3.63, 3.8) is 0 Å². The van der Waals surface area contributed by atoms with Crippen molar-refractivity contribution in [2.45, 2.75) is 6.54 Å². The van der Waals surface area contributed by atoms with Gasteiger partial charge in [0, 0.05) is 23.7 Å². The number of aromatic amines is 1. The molecule has 0 unspecified atom stereocenters. The molecule has 0 saturated heterocycles. The van der Waals surface area contributed by atoms with Crippen LogP contribution >= 0.6 is 15.9 Å². The van der Waals surface area contributed by atoms with Gasteiger partial charge in [0.25, 0.3) is 0 Å². The molecule has 5 aromatic rings. The van der Waals surface area contributed by atoms with Gasteiger partial charge in [-0.2, -0.15) is 14.8 Å². The fourth-order valence-electron chi connectivity index (χ4n) is 3.12. The van der Waals surface area contributed by atoms with Crippen LogP contribution in [0.5, 0.6) is 0 Å². The summed E-state index contributed by atoms with van der Waals surface area (Å²) in [6.07, 6.45) is 1.67. The Balaban J connectivity index is 1.46. The van der Waals surface area contributed by atoms with Crippen molar-refractivity contribution < 1.29 is 4.39 Å². The van der Waals surface area contributed by atoms with Gasteiger partial charge in [-0.25, -0.2) is 9.37 Å². The molecule has 0 radical (unpaired) electrons. The fourth-order valence-corrected chi connectivity index (χ4v) is 3.47. The maximum absolute atomic E-state index is 14.3. The Morgan fingerprint density at radius 2 is 1.93 bits per heavy atom. The third-order valence-corrected chi connectivity index (χ3v) is 5.17. The molecule has 3 aromatic heterocycles. The Hall–Kier alpha value is -3.66. The van der Waals surface area contributed by atoms with E-state index in [-0.39, 0.29) is 5.82 Å². The molecule has 8 nitrogen and oxygen atoms in total. The van der Waals surface area contributed by atoms with Crippen LogP contribution < -0.4 is 5.32 Å². The quantitative estimate of drug-likeness (QED) is 0.406. The summed E-state index contributed by atoms with van der Waals surface area (Å²) >= 11 is 3.46. The summed E-state index contributed by atoms with van der Waals surface area (Å²) in [5.41, 5.74) is 3.48. The summed E-state index contributed by atoms with van der Waals surface area (Å²) in [5, 5.41) is 21.7. The first-order valence-corrected chi connectivity index (χ1v) is 9.84. The lowest BCUT2D eigenvalue weighted by Gasteiger charge is -2.11. The summed E-state index contributed by atoms with van der Waals surface area (Å²) < 4.78 is 16.7. The summed E-state index contributed by atoms with van der Waals surface area (Å²) in [4.78, 5) is 4.57. The van der Waals surface area contributed by atoms with Crippen LogP contribution in [0.2, 0.25) is 0 Å². The topological polar surface area (TPSA) is 96.7 Å². The van der Waals surface area contributed by atoms with Crippen molar-refractivity contribution >= 4 is 27.4 Å². The molecule has 0 aliphatic carbocycles. The number of fused-ring (bicyclic) bond motifs is 1. The third kappa shape index (κ3) is 3.41. The molecule has 5 rings (SSSR count). The monoisotopic (exact) mass is 464 g/mol. The first-order chi connectivity index (χ1) is 14.7. The number of hydrogen-bond acceptors (Lipinski definition) is 6. The van der Waals surface area contributed by atoms with Crippen LogP contribution in [-0.4, -0.2) is 35.2 Å². The predicted molar refractivity (Wildman–Crippen MR) is 113 cm³/mol. The molecule has 0 amide bonds. The Bertz CT molecular complexity index is 1310. The van der Waals surface area contributed by atoms with Gasteiger partial charge < -0.3 is 5.32 Å². The van der Waals surface area contributed by atoms with E-state index in [0.29, 0.717) is 35.1 Å². The zero-order chi connectivity index (χ0) is 20.5. The third-order valence-electron chi connectivity index (χ3n) is 4.61. The SMILES string of the molecule is Fc1ccccc1-c1cc(NCc2ccc(-c3nn[nH]n3)cc2)n2ncc(Br)c2n1. The van der Waals surface area contributed by atoms with Gasteiger partial charge in [-0.15, -0.1) is 10.2 Å². The highest BCUT2D eigenvalue weighted by Crippen LogP contribution is 2.27. The lowest BCUT2D eigenvalue weighted by atomic mass is 10.1. The van der Waals surface area contributed by atoms with Crippen molar-refractivity contribution in [3.8, 4) is 22.6 Å². The average Bonchev–Trinajstić information content (AvgIpc) is 3.43. The van der Waals surface area contributed by atoms with Crippen LogP contribution in [0.4, 0.5) is 10.2 Å². The lowest BCUT2D eigenvalue weighted by Crippen LogP contribution is -2.07. The van der Waals surface area contributed by atoms with E-state index in [9.17, 15) is 4.39 Å². The maximum Gasteiger partial charge on any atom is 0.204 e. The molecule has 0 atom stereocenters. The maximum atomic E-state index is 14.3. The van der Waals surface area contributed by atoms with Crippen LogP contribution in [0.1, 0.15) is 5.56 Å². The van der Waals surface area contributed by atoms with Gasteiger partial charge in [-0.05, 0) is 38.8 Å². The second-order valence-corrected chi connectivity index (χ2v) is 7.37. The largest absolute Gasteiger partial charge is 0.366 e. The van der Waals surface area contributed by atoms with Gasteiger partial charge >= 0.3 is 0 Å². The number of nitrogens with one attached hydrogen (secondary N) is 2. The number of halogens is 2. The van der Waals surface area contributed by atoms with Crippen LogP contribution in [-0.2, 0) is 6.54 Å². The molecule has 10 heteroatoms. The van der Waals surface area contributed by atoms with E-state index < -0.39 is 0 Å². The standard InChI is InChI=1S/C20H14BrFN8/c21-15-11-24-30-18(9-17(25-20(15)30)14-3-1-2-4-16(14)22)23-10-12-5-7-13(8-6-12)19-26-28-29-27-19/h1-9,11,23H,10H2,(H,26,27,28,29). The smallest absolute Gasteiger partial charge is 0.204 e. The van der Waals surface area contributed by atoms with Gasteiger partial charge in [0.05, 0.1) is 16.4 Å². The van der Waals surface area contributed by atoms with Crippen molar-refractivity contribution in [1.82, 2.24) is 35.2 Å². The average molecular weight is 465 g/mol. The normalized spacial score (nSPS) is 11.1. The first-order valence-electron chi connectivity index (χ1n) is 9.05. The molecule has 0 aliphatic heterocycles. The molecular weight excluding hydrogens is 451 g/mol. The second-order valence-electron chi connectivity index (χ2n) is 6.52. The van der Waals surface area contributed by atoms with E-state index in [1.165, 1.54) is 6.07 Å². The van der Waals surface area contributed by atoms with Gasteiger partial charge in [0.1, 0.15) is 11.6 Å². The van der Waals surface area contributed by atoms with E-state index in [4.69, 9.17) is 0 Å². The number of aromatic nitrogens is 7. The molecule has 0 fully saturated rings. The van der Waals surface area contributed by atoms with E-state index >= 15 is 0 Å². The minimum absolute atomic E-state index is 0.326. The number of nitrogens with zero attached hydrogens (tertiary/aromatic N) is 6. The zero-order valence-corrected chi connectivity index (χ0v) is 17.0. The minimum atomic E-state index is -0.326. The summed E-state index contributed by atoms with van der Waals surface area (Å²) in [5.74, 6) is 0.917.